The topological polar surface area (TPSA) is 38.5 Å². The van der Waals surface area contributed by atoms with Crippen LogP contribution in [0.25, 0.3) is 0 Å². The van der Waals surface area contributed by atoms with E-state index in [9.17, 15) is 0 Å². The number of nitrogens with zero attached hydrogens (tertiary/aromatic N) is 1. The van der Waals surface area contributed by atoms with Crippen LogP contribution in [0.2, 0.25) is 0 Å². The summed E-state index contributed by atoms with van der Waals surface area (Å²) < 4.78 is 5.89. The molecule has 0 bridgehead atoms. The molecule has 0 saturated carbocycles. The second kappa shape index (κ2) is 5.51. The molecule has 0 aliphatic carbocycles. The molecule has 3 atom stereocenters. The third-order valence-corrected chi connectivity index (χ3v) is 4.41. The number of ether oxygens (including phenoxy) is 1. The fourth-order valence-corrected chi connectivity index (χ4v) is 3.54. The number of benzene rings is 1. The van der Waals surface area contributed by atoms with Crippen LogP contribution in [0.5, 0.6) is 0 Å². The third-order valence-electron chi connectivity index (χ3n) is 4.41. The number of hydrogen-bond donors (Lipinski definition) is 1. The van der Waals surface area contributed by atoms with Gasteiger partial charge in [-0.15, -0.1) is 0 Å². The first-order chi connectivity index (χ1) is 9.29. The lowest BCUT2D eigenvalue weighted by Gasteiger charge is -2.42. The Labute approximate surface area is 115 Å². The molecule has 2 aliphatic heterocycles. The van der Waals surface area contributed by atoms with Crippen LogP contribution in [0.15, 0.2) is 24.3 Å². The van der Waals surface area contributed by atoms with Gasteiger partial charge in [-0.05, 0) is 36.8 Å². The van der Waals surface area contributed by atoms with E-state index < -0.39 is 0 Å². The summed E-state index contributed by atoms with van der Waals surface area (Å²) in [5.74, 6) is 0.686. The second-order valence-electron chi connectivity index (χ2n) is 5.94. The summed E-state index contributed by atoms with van der Waals surface area (Å²) in [6.45, 7) is 4.99. The molecule has 2 N–H and O–H groups in total. The van der Waals surface area contributed by atoms with Gasteiger partial charge in [0.2, 0.25) is 0 Å². The highest BCUT2D eigenvalue weighted by Gasteiger charge is 2.33. The van der Waals surface area contributed by atoms with E-state index in [0.29, 0.717) is 24.6 Å². The molecular formula is C16H24N2O. The number of anilines is 1. The Balaban J connectivity index is 1.90. The van der Waals surface area contributed by atoms with Crippen molar-refractivity contribution in [2.45, 2.75) is 38.3 Å². The predicted octanol–water partition coefficient (Wildman–Crippen LogP) is 2.19. The Kier molecular flexibility index (Phi) is 3.76. The molecule has 0 amide bonds. The van der Waals surface area contributed by atoms with Crippen molar-refractivity contribution in [1.29, 1.82) is 0 Å². The van der Waals surface area contributed by atoms with Crippen LogP contribution >= 0.6 is 0 Å². The van der Waals surface area contributed by atoms with E-state index in [4.69, 9.17) is 10.5 Å². The molecule has 0 spiro atoms. The van der Waals surface area contributed by atoms with Crippen molar-refractivity contribution in [3.05, 3.63) is 29.8 Å². The number of fused-ring (bicyclic) bond motifs is 1. The summed E-state index contributed by atoms with van der Waals surface area (Å²) >= 11 is 0. The molecule has 3 rings (SSSR count). The van der Waals surface area contributed by atoms with Gasteiger partial charge in [0.25, 0.3) is 0 Å². The summed E-state index contributed by atoms with van der Waals surface area (Å²) in [4.78, 5) is 2.50. The minimum Gasteiger partial charge on any atom is -0.376 e. The average molecular weight is 260 g/mol. The quantitative estimate of drug-likeness (QED) is 0.905. The van der Waals surface area contributed by atoms with Crippen LogP contribution in [0.3, 0.4) is 0 Å². The van der Waals surface area contributed by atoms with Crippen molar-refractivity contribution in [2.75, 3.05) is 24.6 Å². The zero-order valence-electron chi connectivity index (χ0n) is 11.7. The molecule has 3 nitrogen and oxygen atoms in total. The standard InChI is InChI=1S/C16H24N2O/c1-12-9-13-5-2-3-6-14(13)18(11-12)15(10-17)16-7-4-8-19-16/h2-3,5-6,12,15-16H,4,7-11,17H2,1H3. The largest absolute Gasteiger partial charge is 0.376 e. The van der Waals surface area contributed by atoms with Gasteiger partial charge in [0.1, 0.15) is 0 Å². The zero-order valence-corrected chi connectivity index (χ0v) is 11.7. The minimum absolute atomic E-state index is 0.309. The number of hydrogen-bond acceptors (Lipinski definition) is 3. The van der Waals surface area contributed by atoms with Crippen LogP contribution in [-0.4, -0.2) is 31.8 Å². The van der Waals surface area contributed by atoms with Gasteiger partial charge in [-0.3, -0.25) is 0 Å². The van der Waals surface area contributed by atoms with Gasteiger partial charge in [-0.25, -0.2) is 0 Å². The van der Waals surface area contributed by atoms with Gasteiger partial charge >= 0.3 is 0 Å². The monoisotopic (exact) mass is 260 g/mol. The molecule has 1 aromatic rings. The molecule has 3 heteroatoms. The fourth-order valence-electron chi connectivity index (χ4n) is 3.54. The lowest BCUT2D eigenvalue weighted by molar-refractivity contribution is 0.0879. The summed E-state index contributed by atoms with van der Waals surface area (Å²) in [6.07, 6.45) is 3.81. The van der Waals surface area contributed by atoms with E-state index in [1.807, 2.05) is 0 Å². The van der Waals surface area contributed by atoms with Crippen molar-refractivity contribution < 1.29 is 4.74 Å². The fraction of sp³-hybridized carbons (Fsp3) is 0.625. The molecule has 3 unspecified atom stereocenters. The SMILES string of the molecule is CC1Cc2ccccc2N(C(CN)C2CCCO2)C1. The van der Waals surface area contributed by atoms with E-state index in [1.165, 1.54) is 24.1 Å². The molecule has 19 heavy (non-hydrogen) atoms. The van der Waals surface area contributed by atoms with E-state index in [-0.39, 0.29) is 0 Å². The third kappa shape index (κ3) is 2.49. The van der Waals surface area contributed by atoms with Crippen molar-refractivity contribution in [3.63, 3.8) is 0 Å². The lowest BCUT2D eigenvalue weighted by atomic mass is 9.91. The first-order valence-corrected chi connectivity index (χ1v) is 7.46. The van der Waals surface area contributed by atoms with Crippen LogP contribution in [0.4, 0.5) is 5.69 Å². The molecule has 0 aromatic heterocycles. The lowest BCUT2D eigenvalue weighted by Crippen LogP contribution is -2.51. The molecule has 2 aliphatic rings. The van der Waals surface area contributed by atoms with Crippen LogP contribution in [0, 0.1) is 5.92 Å². The van der Waals surface area contributed by atoms with Crippen molar-refractivity contribution in [1.82, 2.24) is 0 Å². The minimum atomic E-state index is 0.309. The maximum absolute atomic E-state index is 6.06. The maximum Gasteiger partial charge on any atom is 0.0791 e. The number of nitrogens with two attached hydrogens (primary N) is 1. The molecule has 1 saturated heterocycles. The van der Waals surface area contributed by atoms with Gasteiger partial charge in [0.05, 0.1) is 12.1 Å². The Hall–Kier alpha value is -1.06. The summed E-state index contributed by atoms with van der Waals surface area (Å²) in [6, 6.07) is 9.08. The van der Waals surface area contributed by atoms with Gasteiger partial charge in [-0.2, -0.15) is 0 Å². The predicted molar refractivity (Wildman–Crippen MR) is 78.5 cm³/mol. The Morgan fingerprint density at radius 2 is 2.26 bits per heavy atom. The Morgan fingerprint density at radius 1 is 1.42 bits per heavy atom. The van der Waals surface area contributed by atoms with Crippen molar-refractivity contribution >= 4 is 5.69 Å². The van der Waals surface area contributed by atoms with Gasteiger partial charge < -0.3 is 15.4 Å². The summed E-state index contributed by atoms with van der Waals surface area (Å²) in [5.41, 5.74) is 8.89. The highest BCUT2D eigenvalue weighted by atomic mass is 16.5. The van der Waals surface area contributed by atoms with Gasteiger partial charge in [-0.1, -0.05) is 25.1 Å². The molecule has 2 heterocycles. The number of para-hydroxylation sites is 1. The molecular weight excluding hydrogens is 236 g/mol. The summed E-state index contributed by atoms with van der Waals surface area (Å²) in [5, 5.41) is 0. The zero-order chi connectivity index (χ0) is 13.2. The highest BCUT2D eigenvalue weighted by Crippen LogP contribution is 2.33. The first kappa shape index (κ1) is 12.9. The molecule has 1 aromatic carbocycles. The van der Waals surface area contributed by atoms with Crippen LogP contribution in [0.1, 0.15) is 25.3 Å². The van der Waals surface area contributed by atoms with E-state index in [2.05, 4.69) is 36.1 Å². The van der Waals surface area contributed by atoms with E-state index in [1.54, 1.807) is 0 Å². The van der Waals surface area contributed by atoms with Crippen LogP contribution < -0.4 is 10.6 Å². The summed E-state index contributed by atoms with van der Waals surface area (Å²) in [7, 11) is 0. The Morgan fingerprint density at radius 3 is 3.00 bits per heavy atom. The number of rotatable bonds is 3. The van der Waals surface area contributed by atoms with Crippen molar-refractivity contribution in [2.24, 2.45) is 11.7 Å². The van der Waals surface area contributed by atoms with Crippen molar-refractivity contribution in [3.8, 4) is 0 Å². The maximum atomic E-state index is 6.06. The normalized spacial score (nSPS) is 28.2. The van der Waals surface area contributed by atoms with Gasteiger partial charge in [0.15, 0.2) is 0 Å². The highest BCUT2D eigenvalue weighted by molar-refractivity contribution is 5.56. The molecule has 1 fully saturated rings. The second-order valence-corrected chi connectivity index (χ2v) is 5.94. The van der Waals surface area contributed by atoms with Crippen LogP contribution in [-0.2, 0) is 11.2 Å². The smallest absolute Gasteiger partial charge is 0.0791 e. The average Bonchev–Trinajstić information content (AvgIpc) is 2.93. The van der Waals surface area contributed by atoms with E-state index >= 15 is 0 Å². The first-order valence-electron chi connectivity index (χ1n) is 7.46. The molecule has 104 valence electrons. The Bertz CT molecular complexity index is 429. The van der Waals surface area contributed by atoms with E-state index in [0.717, 1.165) is 19.6 Å². The van der Waals surface area contributed by atoms with Gasteiger partial charge in [0, 0.05) is 25.4 Å². The molecule has 0 radical (unpaired) electrons.